The first-order chi connectivity index (χ1) is 14.3. The summed E-state index contributed by atoms with van der Waals surface area (Å²) in [6.45, 7) is 6.70. The molecule has 1 N–H and O–H groups in total. The zero-order chi connectivity index (χ0) is 21.1. The molecular formula is C21H26N6O3. The molecule has 5 rings (SSSR count). The van der Waals surface area contributed by atoms with Crippen LogP contribution in [-0.4, -0.2) is 48.4 Å². The van der Waals surface area contributed by atoms with E-state index in [1.165, 1.54) is 0 Å². The molecule has 2 bridgehead atoms. The van der Waals surface area contributed by atoms with Crippen molar-refractivity contribution in [1.29, 1.82) is 0 Å². The van der Waals surface area contributed by atoms with E-state index < -0.39 is 0 Å². The average molecular weight is 410 g/mol. The molecule has 0 aromatic carbocycles. The number of carbonyl (C=O) groups excluding carboxylic acids is 1. The van der Waals surface area contributed by atoms with Gasteiger partial charge >= 0.3 is 0 Å². The number of hydrogen-bond donors (Lipinski definition) is 1. The second-order valence-electron chi connectivity index (χ2n) is 8.98. The van der Waals surface area contributed by atoms with Crippen molar-refractivity contribution in [3.63, 3.8) is 0 Å². The van der Waals surface area contributed by atoms with Gasteiger partial charge in [-0.05, 0) is 40.0 Å². The van der Waals surface area contributed by atoms with Gasteiger partial charge in [0.2, 0.25) is 5.65 Å². The third kappa shape index (κ3) is 3.13. The Hall–Kier alpha value is -2.94. The van der Waals surface area contributed by atoms with Gasteiger partial charge in [0.1, 0.15) is 5.69 Å². The van der Waals surface area contributed by atoms with Gasteiger partial charge in [-0.3, -0.25) is 13.9 Å². The van der Waals surface area contributed by atoms with E-state index in [1.807, 2.05) is 24.4 Å². The molecule has 1 amide bonds. The predicted octanol–water partition coefficient (Wildman–Crippen LogP) is 2.71. The van der Waals surface area contributed by atoms with Crippen LogP contribution in [0.25, 0.3) is 5.65 Å². The lowest BCUT2D eigenvalue weighted by Gasteiger charge is -2.24. The van der Waals surface area contributed by atoms with Crippen molar-refractivity contribution in [2.75, 3.05) is 11.9 Å². The van der Waals surface area contributed by atoms with Crippen LogP contribution in [0.5, 0.6) is 5.88 Å². The van der Waals surface area contributed by atoms with E-state index in [9.17, 15) is 4.79 Å². The first kappa shape index (κ1) is 19.0. The number of nitrogens with zero attached hydrogens (tertiary/aromatic N) is 5. The molecule has 1 aliphatic heterocycles. The van der Waals surface area contributed by atoms with E-state index in [2.05, 4.69) is 22.3 Å². The number of anilines is 1. The van der Waals surface area contributed by atoms with Crippen LogP contribution in [-0.2, 0) is 17.2 Å². The molecule has 2 fully saturated rings. The molecule has 0 radical (unpaired) electrons. The molecule has 1 aliphatic carbocycles. The van der Waals surface area contributed by atoms with Crippen LogP contribution in [0, 0.1) is 0 Å². The van der Waals surface area contributed by atoms with Crippen molar-refractivity contribution < 1.29 is 14.3 Å². The minimum absolute atomic E-state index is 0.0565. The fourth-order valence-electron chi connectivity index (χ4n) is 4.55. The Morgan fingerprint density at radius 3 is 2.73 bits per heavy atom. The highest BCUT2D eigenvalue weighted by Crippen LogP contribution is 2.53. The Morgan fingerprint density at radius 1 is 1.30 bits per heavy atom. The van der Waals surface area contributed by atoms with Crippen molar-refractivity contribution in [2.45, 2.75) is 57.2 Å². The van der Waals surface area contributed by atoms with Crippen LogP contribution in [0.15, 0.2) is 24.7 Å². The van der Waals surface area contributed by atoms with E-state index >= 15 is 0 Å². The molecule has 0 spiro atoms. The van der Waals surface area contributed by atoms with Crippen LogP contribution >= 0.6 is 0 Å². The van der Waals surface area contributed by atoms with Gasteiger partial charge in [-0.1, -0.05) is 0 Å². The maximum atomic E-state index is 12.8. The van der Waals surface area contributed by atoms with Gasteiger partial charge in [-0.15, -0.1) is 0 Å². The molecule has 3 aromatic rings. The lowest BCUT2D eigenvalue weighted by Crippen LogP contribution is -2.26. The van der Waals surface area contributed by atoms with Crippen LogP contribution in [0.2, 0.25) is 0 Å². The number of nitrogens with one attached hydrogen (secondary N) is 1. The van der Waals surface area contributed by atoms with Crippen molar-refractivity contribution in [3.8, 4) is 5.88 Å². The first-order valence-electron chi connectivity index (χ1n) is 10.3. The third-order valence-corrected chi connectivity index (χ3v) is 6.03. The number of fused-ring (bicyclic) bond motifs is 3. The summed E-state index contributed by atoms with van der Waals surface area (Å²) in [5, 5.41) is 6.96. The third-order valence-electron chi connectivity index (χ3n) is 6.03. The number of carbonyl (C=O) groups is 1. The summed E-state index contributed by atoms with van der Waals surface area (Å²) < 4.78 is 15.4. The van der Waals surface area contributed by atoms with Gasteiger partial charge in [0.25, 0.3) is 11.8 Å². The Labute approximate surface area is 174 Å². The first-order valence-corrected chi connectivity index (χ1v) is 10.3. The highest BCUT2D eigenvalue weighted by Gasteiger charge is 2.55. The summed E-state index contributed by atoms with van der Waals surface area (Å²) in [6.07, 6.45) is 8.39. The molecule has 30 heavy (non-hydrogen) atoms. The molecule has 9 nitrogen and oxygen atoms in total. The van der Waals surface area contributed by atoms with Gasteiger partial charge in [0.05, 0.1) is 24.0 Å². The average Bonchev–Trinajstić information content (AvgIpc) is 3.43. The molecule has 4 heterocycles. The van der Waals surface area contributed by atoms with Gasteiger partial charge in [-0.2, -0.15) is 5.10 Å². The summed E-state index contributed by atoms with van der Waals surface area (Å²) in [4.78, 5) is 22.2. The Morgan fingerprint density at radius 2 is 2.13 bits per heavy atom. The number of imidazole rings is 1. The molecule has 3 aromatic heterocycles. The summed E-state index contributed by atoms with van der Waals surface area (Å²) >= 11 is 0. The molecule has 1 saturated carbocycles. The van der Waals surface area contributed by atoms with Crippen molar-refractivity contribution >= 4 is 17.4 Å². The Balaban J connectivity index is 1.54. The zero-order valence-corrected chi connectivity index (χ0v) is 17.7. The van der Waals surface area contributed by atoms with Crippen LogP contribution < -0.4 is 10.1 Å². The molecule has 2 atom stereocenters. The van der Waals surface area contributed by atoms with Gasteiger partial charge in [-0.25, -0.2) is 9.97 Å². The van der Waals surface area contributed by atoms with Crippen molar-refractivity contribution in [2.24, 2.45) is 7.05 Å². The lowest BCUT2D eigenvalue weighted by molar-refractivity contribution is -0.00627. The topological polar surface area (TPSA) is 95.6 Å². The van der Waals surface area contributed by atoms with Crippen LogP contribution in [0.1, 0.15) is 56.2 Å². The minimum Gasteiger partial charge on any atom is -0.472 e. The van der Waals surface area contributed by atoms with Gasteiger partial charge in [0, 0.05) is 37.1 Å². The van der Waals surface area contributed by atoms with E-state index in [4.69, 9.17) is 14.5 Å². The quantitative estimate of drug-likeness (QED) is 0.695. The van der Waals surface area contributed by atoms with E-state index in [1.54, 1.807) is 30.2 Å². The van der Waals surface area contributed by atoms with E-state index in [0.717, 1.165) is 25.0 Å². The van der Waals surface area contributed by atoms with E-state index in [0.29, 0.717) is 24.0 Å². The number of hydrogen-bond acceptors (Lipinski definition) is 6. The fourth-order valence-corrected chi connectivity index (χ4v) is 4.55. The summed E-state index contributed by atoms with van der Waals surface area (Å²) in [5.74, 6) is 0.463. The van der Waals surface area contributed by atoms with Gasteiger partial charge in [0.15, 0.2) is 5.82 Å². The normalized spacial score (nSPS) is 25.4. The Bertz CT molecular complexity index is 1120. The standard InChI is InChI=1S/C21H26N6O3/c1-13(2)30-19-17-23-15(21-7-6-20(3,11-21)29-12-21)10-27(17)9-14(22-19)18(28)24-16-5-8-26(4)25-16/h5,8-10,13H,6-7,11-12H2,1-4H3,(H,24,25,28)/t20-,21-/m1/s1. The largest absolute Gasteiger partial charge is 0.472 e. The van der Waals surface area contributed by atoms with Gasteiger partial charge < -0.3 is 14.8 Å². The SMILES string of the molecule is CC(C)Oc1nc(C(=O)Nc2ccn(C)n2)cn2cc([C@]34CC[C@](C)(C3)OC4)nc12. The fraction of sp³-hybridized carbons (Fsp3) is 0.524. The summed E-state index contributed by atoms with van der Waals surface area (Å²) in [6, 6.07) is 1.73. The number of ether oxygens (including phenoxy) is 2. The van der Waals surface area contributed by atoms with Crippen molar-refractivity contribution in [3.05, 3.63) is 36.0 Å². The maximum Gasteiger partial charge on any atom is 0.277 e. The molecule has 0 unspecified atom stereocenters. The maximum absolute atomic E-state index is 12.8. The number of amides is 1. The zero-order valence-electron chi connectivity index (χ0n) is 17.7. The molecule has 158 valence electrons. The molecule has 9 heteroatoms. The summed E-state index contributed by atoms with van der Waals surface area (Å²) in [5.41, 5.74) is 1.69. The molecule has 1 saturated heterocycles. The lowest BCUT2D eigenvalue weighted by atomic mass is 9.84. The highest BCUT2D eigenvalue weighted by molar-refractivity contribution is 6.02. The highest BCUT2D eigenvalue weighted by atomic mass is 16.5. The van der Waals surface area contributed by atoms with E-state index in [-0.39, 0.29) is 28.7 Å². The molecule has 2 aliphatic rings. The summed E-state index contributed by atoms with van der Waals surface area (Å²) in [7, 11) is 1.79. The monoisotopic (exact) mass is 410 g/mol. The van der Waals surface area contributed by atoms with Crippen molar-refractivity contribution in [1.82, 2.24) is 24.1 Å². The second kappa shape index (κ2) is 6.53. The molecular weight excluding hydrogens is 384 g/mol. The Kier molecular flexibility index (Phi) is 4.15. The van der Waals surface area contributed by atoms with Crippen LogP contribution in [0.3, 0.4) is 0 Å². The number of rotatable bonds is 5. The number of aromatic nitrogens is 5. The predicted molar refractivity (Wildman–Crippen MR) is 110 cm³/mol. The smallest absolute Gasteiger partial charge is 0.277 e. The minimum atomic E-state index is -0.352. The number of aryl methyl sites for hydroxylation is 1. The van der Waals surface area contributed by atoms with Crippen LogP contribution in [0.4, 0.5) is 5.82 Å². The second-order valence-corrected chi connectivity index (χ2v) is 8.98.